The Hall–Kier alpha value is -2.45. The fourth-order valence-electron chi connectivity index (χ4n) is 2.00. The second kappa shape index (κ2) is 5.08. The van der Waals surface area contributed by atoms with Crippen molar-refractivity contribution in [2.45, 2.75) is 6.92 Å². The molecule has 0 fully saturated rings. The fraction of sp³-hybridized carbons (Fsp3) is 0.0769. The number of nitrogens with zero attached hydrogens (tertiary/aromatic N) is 5. The molecule has 4 rings (SSSR count). The third-order valence-electron chi connectivity index (χ3n) is 2.99. The number of halogens is 1. The Bertz CT molecular complexity index is 978. The highest BCUT2D eigenvalue weighted by Gasteiger charge is 2.11. The van der Waals surface area contributed by atoms with E-state index in [0.717, 1.165) is 16.3 Å². The fourth-order valence-corrected chi connectivity index (χ4v) is 3.01. The SMILES string of the molecule is Cc1cnc(-c2noc(/C=C/c3c(Cl)nc4sccn34)n2)[nH]1. The van der Waals surface area contributed by atoms with Crippen molar-refractivity contribution in [2.75, 3.05) is 0 Å². The number of thiazole rings is 1. The van der Waals surface area contributed by atoms with Crippen molar-refractivity contribution < 1.29 is 4.52 Å². The molecular formula is C13H9ClN6OS. The molecule has 110 valence electrons. The summed E-state index contributed by atoms with van der Waals surface area (Å²) in [5.41, 5.74) is 1.70. The molecule has 7 nitrogen and oxygen atoms in total. The molecule has 9 heteroatoms. The zero-order chi connectivity index (χ0) is 15.1. The van der Waals surface area contributed by atoms with Crippen molar-refractivity contribution in [3.63, 3.8) is 0 Å². The predicted octanol–water partition coefficient (Wildman–Crippen LogP) is 3.30. The van der Waals surface area contributed by atoms with E-state index >= 15 is 0 Å². The number of H-pyrrole nitrogens is 1. The lowest BCUT2D eigenvalue weighted by Gasteiger charge is -1.89. The van der Waals surface area contributed by atoms with Crippen LogP contribution in [0.2, 0.25) is 5.15 Å². The second-order valence-electron chi connectivity index (χ2n) is 4.55. The van der Waals surface area contributed by atoms with Crippen LogP contribution in [-0.2, 0) is 0 Å². The zero-order valence-corrected chi connectivity index (χ0v) is 12.9. The van der Waals surface area contributed by atoms with Crippen LogP contribution in [0.15, 0.2) is 22.3 Å². The monoisotopic (exact) mass is 332 g/mol. The van der Waals surface area contributed by atoms with Gasteiger partial charge in [-0.05, 0) is 13.0 Å². The van der Waals surface area contributed by atoms with Gasteiger partial charge in [-0.25, -0.2) is 9.97 Å². The molecule has 0 aliphatic rings. The van der Waals surface area contributed by atoms with Crippen LogP contribution in [0.4, 0.5) is 0 Å². The standard InChI is InChI=1S/C13H9ClN6OS/c1-7-6-15-11(16-7)12-17-9(21-19-12)3-2-8-10(14)18-13-20(8)4-5-22-13/h2-6H,1H3,(H,15,16)/b3-2+. The number of hydrogen-bond acceptors (Lipinski definition) is 6. The van der Waals surface area contributed by atoms with Gasteiger partial charge in [-0.2, -0.15) is 4.98 Å². The van der Waals surface area contributed by atoms with Gasteiger partial charge >= 0.3 is 0 Å². The molecule has 22 heavy (non-hydrogen) atoms. The van der Waals surface area contributed by atoms with E-state index in [9.17, 15) is 0 Å². The van der Waals surface area contributed by atoms with Crippen molar-refractivity contribution >= 4 is 40.1 Å². The Labute approximate surface area is 133 Å². The third kappa shape index (κ3) is 2.22. The normalized spacial score (nSPS) is 11.9. The zero-order valence-electron chi connectivity index (χ0n) is 11.3. The molecule has 1 N–H and O–H groups in total. The van der Waals surface area contributed by atoms with E-state index in [-0.39, 0.29) is 0 Å². The van der Waals surface area contributed by atoms with E-state index in [2.05, 4.69) is 25.1 Å². The van der Waals surface area contributed by atoms with Crippen LogP contribution in [-0.4, -0.2) is 29.5 Å². The first-order valence-corrected chi connectivity index (χ1v) is 7.61. The Morgan fingerprint density at radius 3 is 3.09 bits per heavy atom. The lowest BCUT2D eigenvalue weighted by Crippen LogP contribution is -1.83. The number of imidazole rings is 2. The minimum absolute atomic E-state index is 0.366. The molecule has 0 saturated heterocycles. The minimum atomic E-state index is 0.366. The van der Waals surface area contributed by atoms with E-state index in [1.54, 1.807) is 18.3 Å². The van der Waals surface area contributed by atoms with Crippen LogP contribution in [0, 0.1) is 6.92 Å². The number of rotatable bonds is 3. The maximum Gasteiger partial charge on any atom is 0.251 e. The third-order valence-corrected chi connectivity index (χ3v) is 4.03. The summed E-state index contributed by atoms with van der Waals surface area (Å²) in [7, 11) is 0. The van der Waals surface area contributed by atoms with Crippen LogP contribution < -0.4 is 0 Å². The average molecular weight is 333 g/mol. The predicted molar refractivity (Wildman–Crippen MR) is 83.6 cm³/mol. The molecule has 0 aromatic carbocycles. The van der Waals surface area contributed by atoms with Gasteiger partial charge in [-0.15, -0.1) is 11.3 Å². The highest BCUT2D eigenvalue weighted by atomic mass is 35.5. The van der Waals surface area contributed by atoms with Gasteiger partial charge < -0.3 is 9.51 Å². The number of nitrogens with one attached hydrogen (secondary N) is 1. The summed E-state index contributed by atoms with van der Waals surface area (Å²) in [5, 5.41) is 6.27. The van der Waals surface area contributed by atoms with Crippen LogP contribution in [0.3, 0.4) is 0 Å². The number of aromatic nitrogens is 6. The number of fused-ring (bicyclic) bond motifs is 1. The molecule has 0 bridgehead atoms. The molecule has 0 unspecified atom stereocenters. The summed E-state index contributed by atoms with van der Waals surface area (Å²) >= 11 is 7.64. The highest BCUT2D eigenvalue weighted by Crippen LogP contribution is 2.23. The smallest absolute Gasteiger partial charge is 0.251 e. The van der Waals surface area contributed by atoms with Crippen molar-refractivity contribution in [3.05, 3.63) is 40.2 Å². The molecular weight excluding hydrogens is 324 g/mol. The lowest BCUT2D eigenvalue weighted by molar-refractivity contribution is 0.411. The van der Waals surface area contributed by atoms with Gasteiger partial charge in [0.15, 0.2) is 15.9 Å². The maximum atomic E-state index is 6.12. The number of aryl methyl sites for hydroxylation is 1. The average Bonchev–Trinajstić information content (AvgIpc) is 3.21. The van der Waals surface area contributed by atoms with E-state index in [4.69, 9.17) is 16.1 Å². The molecule has 0 spiro atoms. The molecule has 4 aromatic heterocycles. The largest absolute Gasteiger partial charge is 0.339 e. The van der Waals surface area contributed by atoms with Crippen molar-refractivity contribution in [3.8, 4) is 11.6 Å². The Kier molecular flexibility index (Phi) is 3.05. The van der Waals surface area contributed by atoms with Crippen LogP contribution >= 0.6 is 22.9 Å². The Morgan fingerprint density at radius 1 is 1.36 bits per heavy atom. The molecule has 4 aromatic rings. The molecule has 0 radical (unpaired) electrons. The van der Waals surface area contributed by atoms with Gasteiger partial charge in [0.05, 0.1) is 5.69 Å². The Balaban J connectivity index is 1.65. The number of hydrogen-bond donors (Lipinski definition) is 1. The van der Waals surface area contributed by atoms with Crippen LogP contribution in [0.25, 0.3) is 28.8 Å². The molecule has 0 aliphatic carbocycles. The summed E-state index contributed by atoms with van der Waals surface area (Å²) in [6.45, 7) is 1.91. The summed E-state index contributed by atoms with van der Waals surface area (Å²) in [6.07, 6.45) is 7.10. The highest BCUT2D eigenvalue weighted by molar-refractivity contribution is 7.15. The van der Waals surface area contributed by atoms with E-state index < -0.39 is 0 Å². The van der Waals surface area contributed by atoms with E-state index in [1.165, 1.54) is 11.3 Å². The summed E-state index contributed by atoms with van der Waals surface area (Å²) < 4.78 is 7.08. The van der Waals surface area contributed by atoms with Crippen molar-refractivity contribution in [1.82, 2.24) is 29.5 Å². The molecule has 4 heterocycles. The number of aromatic amines is 1. The minimum Gasteiger partial charge on any atom is -0.339 e. The summed E-state index contributed by atoms with van der Waals surface area (Å²) in [6, 6.07) is 0. The van der Waals surface area contributed by atoms with E-state index in [1.807, 2.05) is 22.9 Å². The molecule has 0 aliphatic heterocycles. The second-order valence-corrected chi connectivity index (χ2v) is 5.78. The van der Waals surface area contributed by atoms with Crippen molar-refractivity contribution in [1.29, 1.82) is 0 Å². The van der Waals surface area contributed by atoms with Gasteiger partial charge in [0.1, 0.15) is 0 Å². The van der Waals surface area contributed by atoms with Crippen LogP contribution in [0.5, 0.6) is 0 Å². The van der Waals surface area contributed by atoms with Gasteiger partial charge in [0.2, 0.25) is 5.82 Å². The summed E-state index contributed by atoms with van der Waals surface area (Å²) in [4.78, 5) is 16.6. The molecule has 0 amide bonds. The first-order chi connectivity index (χ1) is 10.7. The van der Waals surface area contributed by atoms with Crippen LogP contribution in [0.1, 0.15) is 17.3 Å². The molecule has 0 atom stereocenters. The lowest BCUT2D eigenvalue weighted by atomic mass is 10.4. The maximum absolute atomic E-state index is 6.12. The summed E-state index contributed by atoms with van der Waals surface area (Å²) in [5.74, 6) is 1.35. The van der Waals surface area contributed by atoms with E-state index in [0.29, 0.717) is 22.7 Å². The quantitative estimate of drug-likeness (QED) is 0.622. The van der Waals surface area contributed by atoms with Gasteiger partial charge in [-0.3, -0.25) is 4.40 Å². The molecule has 0 saturated carbocycles. The first kappa shape index (κ1) is 13.2. The van der Waals surface area contributed by atoms with Gasteiger partial charge in [0.25, 0.3) is 5.89 Å². The van der Waals surface area contributed by atoms with Gasteiger partial charge in [-0.1, -0.05) is 16.8 Å². The topological polar surface area (TPSA) is 84.9 Å². The first-order valence-electron chi connectivity index (χ1n) is 6.35. The Morgan fingerprint density at radius 2 is 2.27 bits per heavy atom. The van der Waals surface area contributed by atoms with Crippen molar-refractivity contribution in [2.24, 2.45) is 0 Å². The van der Waals surface area contributed by atoms with Gasteiger partial charge in [0, 0.05) is 29.5 Å².